The number of carbonyl (C=O) groups excluding carboxylic acids is 2. The molecule has 0 aromatic carbocycles. The molecule has 0 aromatic heterocycles. The lowest BCUT2D eigenvalue weighted by Crippen LogP contribution is -2.29. The topological polar surface area (TPSA) is 117 Å². The second-order valence-electron chi connectivity index (χ2n) is 7.65. The van der Waals surface area contributed by atoms with Gasteiger partial charge in [-0.05, 0) is 0 Å². The van der Waals surface area contributed by atoms with Crippen molar-refractivity contribution in [3.05, 3.63) is 23.2 Å². The third-order valence-corrected chi connectivity index (χ3v) is 4.92. The van der Waals surface area contributed by atoms with Crippen molar-refractivity contribution in [3.8, 4) is 0 Å². The van der Waals surface area contributed by atoms with Crippen LogP contribution in [0.3, 0.4) is 0 Å². The molecule has 0 radical (unpaired) electrons. The molecule has 4 aliphatic heterocycles. The molecule has 10 heteroatoms. The van der Waals surface area contributed by atoms with E-state index < -0.39 is 5.97 Å². The fraction of sp³-hybridized carbons (Fsp3) is 0.650. The van der Waals surface area contributed by atoms with Crippen molar-refractivity contribution >= 4 is 17.5 Å². The molecule has 0 atom stereocenters. The number of carboxylic acids is 1. The number of aliphatic carboxylic acids is 1. The molecule has 4 saturated heterocycles. The summed E-state index contributed by atoms with van der Waals surface area (Å²) in [5.74, 6) is -0.785. The number of nitrogens with one attached hydrogen (secondary N) is 3. The summed E-state index contributed by atoms with van der Waals surface area (Å²) in [5.41, 5.74) is 1.89. The molecular formula is C20H32N6O4. The summed E-state index contributed by atoms with van der Waals surface area (Å²) in [7, 11) is 0. The maximum absolute atomic E-state index is 12.4. The normalized spacial score (nSPS) is 23.1. The van der Waals surface area contributed by atoms with E-state index in [9.17, 15) is 9.59 Å². The SMILES string of the molecule is C1CNCCNCCN1.CC(=O)O.O=C1C=C(N2CC2)C(=O)C(N2CC2)=C1N1CC1. The fourth-order valence-electron chi connectivity index (χ4n) is 3.18. The van der Waals surface area contributed by atoms with Crippen LogP contribution in [-0.4, -0.2) is 116 Å². The van der Waals surface area contributed by atoms with Gasteiger partial charge in [-0.3, -0.25) is 14.4 Å². The van der Waals surface area contributed by atoms with E-state index in [1.165, 1.54) is 6.08 Å². The maximum Gasteiger partial charge on any atom is 0.300 e. The number of carboxylic acid groups (broad SMARTS) is 1. The van der Waals surface area contributed by atoms with Crippen molar-refractivity contribution in [1.82, 2.24) is 30.7 Å². The predicted octanol–water partition coefficient (Wildman–Crippen LogP) is -1.96. The summed E-state index contributed by atoms with van der Waals surface area (Å²) < 4.78 is 0. The molecule has 0 aromatic rings. The van der Waals surface area contributed by atoms with Gasteiger partial charge in [-0.1, -0.05) is 0 Å². The van der Waals surface area contributed by atoms with Gasteiger partial charge in [0.2, 0.25) is 11.6 Å². The van der Waals surface area contributed by atoms with E-state index in [2.05, 4.69) is 16.0 Å². The van der Waals surface area contributed by atoms with Gasteiger partial charge >= 0.3 is 0 Å². The minimum absolute atomic E-state index is 0.00546. The molecule has 5 rings (SSSR count). The lowest BCUT2D eigenvalue weighted by atomic mass is 10.0. The van der Waals surface area contributed by atoms with Gasteiger partial charge in [0.1, 0.15) is 11.4 Å². The van der Waals surface area contributed by atoms with E-state index in [1.54, 1.807) is 0 Å². The number of hydrogen-bond acceptors (Lipinski definition) is 9. The smallest absolute Gasteiger partial charge is 0.300 e. The number of allylic oxidation sites excluding steroid dienone is 1. The summed E-state index contributed by atoms with van der Waals surface area (Å²) in [6.07, 6.45) is 1.52. The molecule has 0 saturated carbocycles. The van der Waals surface area contributed by atoms with E-state index >= 15 is 0 Å². The third-order valence-electron chi connectivity index (χ3n) is 4.92. The molecular weight excluding hydrogens is 388 g/mol. The zero-order valence-electron chi connectivity index (χ0n) is 17.6. The van der Waals surface area contributed by atoms with Crippen LogP contribution >= 0.6 is 0 Å². The summed E-state index contributed by atoms with van der Waals surface area (Å²) in [5, 5.41) is 17.3. The highest BCUT2D eigenvalue weighted by Crippen LogP contribution is 2.33. The lowest BCUT2D eigenvalue weighted by Gasteiger charge is -2.21. The summed E-state index contributed by atoms with van der Waals surface area (Å²) in [6.45, 7) is 13.1. The van der Waals surface area contributed by atoms with Gasteiger partial charge in [-0.15, -0.1) is 0 Å². The first-order valence-electron chi connectivity index (χ1n) is 10.6. The van der Waals surface area contributed by atoms with Gasteiger partial charge in [0.15, 0.2) is 0 Å². The van der Waals surface area contributed by atoms with Gasteiger partial charge in [0, 0.05) is 91.5 Å². The summed E-state index contributed by atoms with van der Waals surface area (Å²) >= 11 is 0. The van der Waals surface area contributed by atoms with Gasteiger partial charge in [0.05, 0.1) is 5.70 Å². The minimum Gasteiger partial charge on any atom is -0.481 e. The molecule has 4 fully saturated rings. The minimum atomic E-state index is -0.833. The molecule has 30 heavy (non-hydrogen) atoms. The van der Waals surface area contributed by atoms with Crippen molar-refractivity contribution in [1.29, 1.82) is 0 Å². The zero-order chi connectivity index (χ0) is 21.5. The van der Waals surface area contributed by atoms with Crippen molar-refractivity contribution < 1.29 is 19.5 Å². The van der Waals surface area contributed by atoms with E-state index in [0.717, 1.165) is 85.5 Å². The number of ketones is 2. The summed E-state index contributed by atoms with van der Waals surface area (Å²) in [6, 6.07) is 0. The number of rotatable bonds is 3. The monoisotopic (exact) mass is 420 g/mol. The quantitative estimate of drug-likeness (QED) is 0.303. The third kappa shape index (κ3) is 6.82. The molecule has 10 nitrogen and oxygen atoms in total. The second-order valence-corrected chi connectivity index (χ2v) is 7.65. The molecule has 0 bridgehead atoms. The van der Waals surface area contributed by atoms with Crippen LogP contribution in [0.25, 0.3) is 0 Å². The van der Waals surface area contributed by atoms with E-state index in [1.807, 2.05) is 14.7 Å². The van der Waals surface area contributed by atoms with E-state index in [-0.39, 0.29) is 11.6 Å². The van der Waals surface area contributed by atoms with Gasteiger partial charge in [0.25, 0.3) is 5.97 Å². The Morgan fingerprint density at radius 2 is 1.13 bits per heavy atom. The summed E-state index contributed by atoms with van der Waals surface area (Å²) in [4.78, 5) is 39.5. The van der Waals surface area contributed by atoms with Crippen LogP contribution in [-0.2, 0) is 14.4 Å². The van der Waals surface area contributed by atoms with Crippen LogP contribution in [0.4, 0.5) is 0 Å². The van der Waals surface area contributed by atoms with Crippen LogP contribution in [0, 0.1) is 0 Å². The number of nitrogens with zero attached hydrogens (tertiary/aromatic N) is 3. The number of Topliss-reactive ketones (excluding diaryl/α,β-unsaturated/α-hetero) is 1. The van der Waals surface area contributed by atoms with Gasteiger partial charge < -0.3 is 35.8 Å². The first-order valence-corrected chi connectivity index (χ1v) is 10.6. The van der Waals surface area contributed by atoms with Crippen LogP contribution < -0.4 is 16.0 Å². The molecule has 0 amide bonds. The molecule has 5 aliphatic rings. The Kier molecular flexibility index (Phi) is 7.83. The lowest BCUT2D eigenvalue weighted by molar-refractivity contribution is -0.134. The molecule has 0 spiro atoms. The van der Waals surface area contributed by atoms with Crippen molar-refractivity contribution in [2.24, 2.45) is 0 Å². The Bertz CT molecular complexity index is 690. The average molecular weight is 421 g/mol. The first-order chi connectivity index (χ1) is 14.5. The Morgan fingerprint density at radius 3 is 1.50 bits per heavy atom. The average Bonchev–Trinajstić information content (AvgIpc) is 3.53. The standard InChI is InChI=1S/C12H13N3O2.C6H15N3.C2H4O2/c16-9-7-8(13-1-2-13)12(17)11(15-5-6-15)10(9)14-3-4-14;1-2-8-5-6-9-4-3-7-1;1-2(3)4/h7H,1-6H2;7-9H,1-6H2;1H3,(H,3,4). The highest BCUT2D eigenvalue weighted by Gasteiger charge is 2.43. The van der Waals surface area contributed by atoms with E-state index in [4.69, 9.17) is 9.90 Å². The van der Waals surface area contributed by atoms with E-state index in [0.29, 0.717) is 17.1 Å². The first kappa shape index (κ1) is 22.3. The molecule has 0 unspecified atom stereocenters. The molecule has 4 heterocycles. The maximum atomic E-state index is 12.4. The predicted molar refractivity (Wildman–Crippen MR) is 112 cm³/mol. The second kappa shape index (κ2) is 10.6. The van der Waals surface area contributed by atoms with Gasteiger partial charge in [-0.2, -0.15) is 0 Å². The number of hydrogen-bond donors (Lipinski definition) is 4. The highest BCUT2D eigenvalue weighted by molar-refractivity contribution is 6.22. The Balaban J connectivity index is 0.000000167. The van der Waals surface area contributed by atoms with Crippen molar-refractivity contribution in [3.63, 3.8) is 0 Å². The van der Waals surface area contributed by atoms with Crippen LogP contribution in [0.2, 0.25) is 0 Å². The largest absolute Gasteiger partial charge is 0.481 e. The highest BCUT2D eigenvalue weighted by atomic mass is 16.4. The Hall–Kier alpha value is -2.43. The fourth-order valence-corrected chi connectivity index (χ4v) is 3.18. The van der Waals surface area contributed by atoms with Crippen LogP contribution in [0.5, 0.6) is 0 Å². The number of carbonyl (C=O) groups is 3. The Labute approximate surface area is 176 Å². The molecule has 1 aliphatic carbocycles. The zero-order valence-corrected chi connectivity index (χ0v) is 17.6. The van der Waals surface area contributed by atoms with Crippen molar-refractivity contribution in [2.45, 2.75) is 6.92 Å². The van der Waals surface area contributed by atoms with Crippen LogP contribution in [0.15, 0.2) is 23.2 Å². The Morgan fingerprint density at radius 1 is 0.767 bits per heavy atom. The van der Waals surface area contributed by atoms with Gasteiger partial charge in [-0.25, -0.2) is 0 Å². The molecule has 166 valence electrons. The van der Waals surface area contributed by atoms with Crippen molar-refractivity contribution in [2.75, 3.05) is 78.5 Å². The van der Waals surface area contributed by atoms with Crippen LogP contribution in [0.1, 0.15) is 6.92 Å². The molecule has 4 N–H and O–H groups in total.